The molecule has 1 unspecified atom stereocenters. The average molecular weight is 324 g/mol. The highest BCUT2D eigenvalue weighted by molar-refractivity contribution is 5.73. The highest BCUT2D eigenvalue weighted by Crippen LogP contribution is 2.32. The molecule has 2 aromatic carbocycles. The van der Waals surface area contributed by atoms with E-state index in [0.29, 0.717) is 13.2 Å². The lowest BCUT2D eigenvalue weighted by Gasteiger charge is -2.31. The van der Waals surface area contributed by atoms with Crippen LogP contribution in [0.2, 0.25) is 0 Å². The molecule has 0 aromatic heterocycles. The van der Waals surface area contributed by atoms with Crippen LogP contribution in [0.3, 0.4) is 0 Å². The van der Waals surface area contributed by atoms with E-state index in [-0.39, 0.29) is 12.0 Å². The fraction of sp³-hybridized carbons (Fsp3) is 0.350. The molecule has 4 heteroatoms. The summed E-state index contributed by atoms with van der Waals surface area (Å²) in [5.74, 6) is -0.0105. The van der Waals surface area contributed by atoms with E-state index in [2.05, 4.69) is 59.6 Å². The molecule has 0 aliphatic carbocycles. The van der Waals surface area contributed by atoms with Crippen molar-refractivity contribution in [3.05, 3.63) is 59.7 Å². The molecule has 0 spiro atoms. The summed E-state index contributed by atoms with van der Waals surface area (Å²) in [5.41, 5.74) is 4.75. The summed E-state index contributed by atoms with van der Waals surface area (Å²) in [4.78, 5) is 13.5. The Labute approximate surface area is 143 Å². The number of carbonyl (C=O) groups excluding carboxylic acids is 1. The van der Waals surface area contributed by atoms with Crippen LogP contribution < -0.4 is 10.2 Å². The Balaban J connectivity index is 1.98. The monoisotopic (exact) mass is 324 g/mol. The van der Waals surface area contributed by atoms with Gasteiger partial charge in [0.05, 0.1) is 12.7 Å². The quantitative estimate of drug-likeness (QED) is 0.940. The summed E-state index contributed by atoms with van der Waals surface area (Å²) in [7, 11) is 0. The Morgan fingerprint density at radius 1 is 1.25 bits per heavy atom. The minimum Gasteiger partial charge on any atom is -0.376 e. The minimum atomic E-state index is -0.0105. The van der Waals surface area contributed by atoms with Crippen LogP contribution >= 0.6 is 0 Å². The van der Waals surface area contributed by atoms with E-state index in [1.807, 2.05) is 6.07 Å². The van der Waals surface area contributed by atoms with Gasteiger partial charge in [0, 0.05) is 37.8 Å². The Morgan fingerprint density at radius 2 is 2.04 bits per heavy atom. The largest absolute Gasteiger partial charge is 0.376 e. The van der Waals surface area contributed by atoms with Crippen molar-refractivity contribution >= 4 is 17.3 Å². The van der Waals surface area contributed by atoms with Gasteiger partial charge in [-0.15, -0.1) is 0 Å². The van der Waals surface area contributed by atoms with Crippen LogP contribution in [-0.2, 0) is 22.5 Å². The van der Waals surface area contributed by atoms with Crippen molar-refractivity contribution in [2.45, 2.75) is 32.9 Å². The predicted molar refractivity (Wildman–Crippen MR) is 96.5 cm³/mol. The van der Waals surface area contributed by atoms with E-state index < -0.39 is 0 Å². The first kappa shape index (κ1) is 16.5. The fourth-order valence-electron chi connectivity index (χ4n) is 3.08. The minimum absolute atomic E-state index is 0.0105. The molecule has 1 aliphatic heterocycles. The van der Waals surface area contributed by atoms with Gasteiger partial charge in [0.15, 0.2) is 0 Å². The van der Waals surface area contributed by atoms with Crippen LogP contribution in [-0.4, -0.2) is 25.2 Å². The van der Waals surface area contributed by atoms with Crippen molar-refractivity contribution in [3.63, 3.8) is 0 Å². The van der Waals surface area contributed by atoms with Gasteiger partial charge >= 0.3 is 0 Å². The van der Waals surface area contributed by atoms with E-state index in [4.69, 9.17) is 4.74 Å². The summed E-state index contributed by atoms with van der Waals surface area (Å²) in [6.07, 6.45) is 1.10. The van der Waals surface area contributed by atoms with Gasteiger partial charge in [-0.2, -0.15) is 0 Å². The zero-order valence-corrected chi connectivity index (χ0v) is 14.3. The highest BCUT2D eigenvalue weighted by Gasteiger charge is 2.19. The highest BCUT2D eigenvalue weighted by atomic mass is 16.5. The first-order valence-electron chi connectivity index (χ1n) is 8.44. The number of fused-ring (bicyclic) bond motifs is 1. The molecule has 1 N–H and O–H groups in total. The molecular weight excluding hydrogens is 300 g/mol. The van der Waals surface area contributed by atoms with Crippen molar-refractivity contribution in [2.24, 2.45) is 0 Å². The van der Waals surface area contributed by atoms with Crippen molar-refractivity contribution in [2.75, 3.05) is 18.1 Å². The Bertz CT molecular complexity index is 700. The smallest absolute Gasteiger partial charge is 0.217 e. The van der Waals surface area contributed by atoms with Gasteiger partial charge in [-0.25, -0.2) is 0 Å². The second-order valence-electron chi connectivity index (χ2n) is 6.25. The summed E-state index contributed by atoms with van der Waals surface area (Å²) >= 11 is 0. The van der Waals surface area contributed by atoms with Crippen LogP contribution in [0, 0.1) is 0 Å². The first-order valence-corrected chi connectivity index (χ1v) is 8.44. The molecule has 0 bridgehead atoms. The summed E-state index contributed by atoms with van der Waals surface area (Å²) in [5, 5.41) is 2.88. The summed E-state index contributed by atoms with van der Waals surface area (Å²) in [6.45, 7) is 5.73. The van der Waals surface area contributed by atoms with Crippen molar-refractivity contribution in [3.8, 4) is 0 Å². The number of para-hydroxylation sites is 1. The number of ether oxygens (including phenoxy) is 1. The molecule has 24 heavy (non-hydrogen) atoms. The maximum Gasteiger partial charge on any atom is 0.217 e. The third-order valence-electron chi connectivity index (χ3n) is 4.27. The molecule has 0 saturated heterocycles. The number of anilines is 2. The molecule has 3 rings (SSSR count). The van der Waals surface area contributed by atoms with Crippen LogP contribution in [0.15, 0.2) is 48.5 Å². The van der Waals surface area contributed by atoms with Gasteiger partial charge in [0.1, 0.15) is 0 Å². The van der Waals surface area contributed by atoms with E-state index in [1.165, 1.54) is 11.3 Å². The van der Waals surface area contributed by atoms with Crippen molar-refractivity contribution in [1.29, 1.82) is 0 Å². The SMILES string of the molecule is CC(=O)NCc1ccc2c(c1)N(c1ccccc1)CCOC(C)C2. The van der Waals surface area contributed by atoms with Gasteiger partial charge in [0.2, 0.25) is 5.91 Å². The zero-order chi connectivity index (χ0) is 16.9. The number of hydrogen-bond donors (Lipinski definition) is 1. The lowest BCUT2D eigenvalue weighted by molar-refractivity contribution is -0.119. The number of hydrogen-bond acceptors (Lipinski definition) is 3. The molecule has 1 heterocycles. The van der Waals surface area contributed by atoms with E-state index in [0.717, 1.165) is 24.2 Å². The van der Waals surface area contributed by atoms with Gasteiger partial charge in [-0.1, -0.05) is 30.3 Å². The van der Waals surface area contributed by atoms with E-state index in [1.54, 1.807) is 6.92 Å². The number of amides is 1. The Hall–Kier alpha value is -2.33. The molecule has 1 atom stereocenters. The van der Waals surface area contributed by atoms with E-state index in [9.17, 15) is 4.79 Å². The average Bonchev–Trinajstić information content (AvgIpc) is 2.57. The molecule has 0 fully saturated rings. The van der Waals surface area contributed by atoms with Gasteiger partial charge < -0.3 is 15.0 Å². The third kappa shape index (κ3) is 3.95. The normalized spacial score (nSPS) is 17.6. The Kier molecular flexibility index (Phi) is 5.16. The molecule has 0 radical (unpaired) electrons. The second kappa shape index (κ2) is 7.49. The molecule has 2 aromatic rings. The van der Waals surface area contributed by atoms with Gasteiger partial charge in [0.25, 0.3) is 0 Å². The number of nitrogens with one attached hydrogen (secondary N) is 1. The van der Waals surface area contributed by atoms with Crippen LogP contribution in [0.4, 0.5) is 11.4 Å². The lowest BCUT2D eigenvalue weighted by Crippen LogP contribution is -2.29. The fourth-order valence-corrected chi connectivity index (χ4v) is 3.08. The number of rotatable bonds is 3. The molecule has 1 amide bonds. The molecule has 0 saturated carbocycles. The topological polar surface area (TPSA) is 41.6 Å². The first-order chi connectivity index (χ1) is 11.6. The maximum atomic E-state index is 11.2. The maximum absolute atomic E-state index is 11.2. The molecular formula is C20H24N2O2. The summed E-state index contributed by atoms with van der Waals surface area (Å²) < 4.78 is 5.90. The third-order valence-corrected chi connectivity index (χ3v) is 4.27. The van der Waals surface area contributed by atoms with Crippen LogP contribution in [0.5, 0.6) is 0 Å². The van der Waals surface area contributed by atoms with Crippen molar-refractivity contribution in [1.82, 2.24) is 5.32 Å². The van der Waals surface area contributed by atoms with E-state index >= 15 is 0 Å². The van der Waals surface area contributed by atoms with Gasteiger partial charge in [-0.3, -0.25) is 4.79 Å². The predicted octanol–water partition coefficient (Wildman–Crippen LogP) is 3.42. The lowest BCUT2D eigenvalue weighted by atomic mass is 10.0. The van der Waals surface area contributed by atoms with Crippen LogP contribution in [0.25, 0.3) is 0 Å². The standard InChI is InChI=1S/C20H24N2O2/c1-15-12-18-9-8-17(14-21-16(2)23)13-20(18)22(10-11-24-15)19-6-4-3-5-7-19/h3-9,13,15H,10-12,14H2,1-2H3,(H,21,23). The number of carbonyl (C=O) groups is 1. The molecule has 1 aliphatic rings. The van der Waals surface area contributed by atoms with Crippen molar-refractivity contribution < 1.29 is 9.53 Å². The zero-order valence-electron chi connectivity index (χ0n) is 14.3. The number of nitrogens with zero attached hydrogens (tertiary/aromatic N) is 1. The number of benzene rings is 2. The molecule has 4 nitrogen and oxygen atoms in total. The molecule has 126 valence electrons. The Morgan fingerprint density at radius 3 is 2.79 bits per heavy atom. The second-order valence-corrected chi connectivity index (χ2v) is 6.25. The van der Waals surface area contributed by atoms with Gasteiger partial charge in [-0.05, 0) is 36.2 Å². The summed E-state index contributed by atoms with van der Waals surface area (Å²) in [6, 6.07) is 16.8. The van der Waals surface area contributed by atoms with Crippen LogP contribution in [0.1, 0.15) is 25.0 Å².